The van der Waals surface area contributed by atoms with Crippen molar-refractivity contribution < 1.29 is 4.74 Å². The highest BCUT2D eigenvalue weighted by atomic mass is 79.9. The molecule has 1 aliphatic heterocycles. The van der Waals surface area contributed by atoms with E-state index < -0.39 is 0 Å². The molecular formula is C15H20BrN3O. The van der Waals surface area contributed by atoms with E-state index in [9.17, 15) is 0 Å². The predicted molar refractivity (Wildman–Crippen MR) is 83.9 cm³/mol. The molecule has 1 saturated carbocycles. The minimum atomic E-state index is 0.209. The number of benzene rings is 1. The molecule has 1 aromatic carbocycles. The Morgan fingerprint density at radius 1 is 1.35 bits per heavy atom. The molecule has 0 spiro atoms. The lowest BCUT2D eigenvalue weighted by Gasteiger charge is -2.28. The summed E-state index contributed by atoms with van der Waals surface area (Å²) in [4.78, 5) is 6.75. The minimum Gasteiger partial charge on any atom is -0.378 e. The maximum absolute atomic E-state index is 6.10. The first-order valence-corrected chi connectivity index (χ1v) is 7.88. The Morgan fingerprint density at radius 3 is 2.75 bits per heavy atom. The molecule has 1 heterocycles. The third kappa shape index (κ3) is 2.99. The molecular weight excluding hydrogens is 318 g/mol. The Morgan fingerprint density at radius 2 is 2.10 bits per heavy atom. The zero-order chi connectivity index (χ0) is 14.0. The van der Waals surface area contributed by atoms with Crippen LogP contribution in [0.1, 0.15) is 18.4 Å². The summed E-state index contributed by atoms with van der Waals surface area (Å²) in [5.74, 6) is 0.662. The molecule has 2 fully saturated rings. The molecule has 20 heavy (non-hydrogen) atoms. The Labute approximate surface area is 128 Å². The van der Waals surface area contributed by atoms with Gasteiger partial charge in [-0.3, -0.25) is 4.99 Å². The molecule has 2 N–H and O–H groups in total. The fraction of sp³-hybridized carbons (Fsp3) is 0.533. The van der Waals surface area contributed by atoms with Gasteiger partial charge in [0.15, 0.2) is 5.96 Å². The number of morpholine rings is 1. The highest BCUT2D eigenvalue weighted by molar-refractivity contribution is 9.10. The van der Waals surface area contributed by atoms with E-state index in [-0.39, 0.29) is 5.41 Å². The van der Waals surface area contributed by atoms with Gasteiger partial charge >= 0.3 is 0 Å². The molecule has 0 bridgehead atoms. The van der Waals surface area contributed by atoms with Crippen LogP contribution >= 0.6 is 15.9 Å². The summed E-state index contributed by atoms with van der Waals surface area (Å²) < 4.78 is 6.46. The van der Waals surface area contributed by atoms with Crippen LogP contribution in [-0.4, -0.2) is 43.7 Å². The van der Waals surface area contributed by atoms with E-state index >= 15 is 0 Å². The first-order valence-electron chi connectivity index (χ1n) is 7.08. The number of guanidine groups is 1. The number of aliphatic imine (C=N–C) groups is 1. The number of hydrogen-bond acceptors (Lipinski definition) is 2. The van der Waals surface area contributed by atoms with E-state index in [1.54, 1.807) is 0 Å². The summed E-state index contributed by atoms with van der Waals surface area (Å²) in [6.07, 6.45) is 2.40. The zero-order valence-corrected chi connectivity index (χ0v) is 13.1. The molecule has 1 saturated heterocycles. The average Bonchev–Trinajstić information content (AvgIpc) is 3.27. The largest absolute Gasteiger partial charge is 0.378 e. The van der Waals surface area contributed by atoms with Crippen molar-refractivity contribution in [2.24, 2.45) is 10.7 Å². The van der Waals surface area contributed by atoms with Gasteiger partial charge in [0, 0.05) is 23.0 Å². The Hall–Kier alpha value is -1.07. The molecule has 0 radical (unpaired) electrons. The molecule has 0 amide bonds. The van der Waals surface area contributed by atoms with Crippen molar-refractivity contribution in [1.82, 2.24) is 4.90 Å². The lowest BCUT2D eigenvalue weighted by molar-refractivity contribution is 0.0674. The second-order valence-corrected chi connectivity index (χ2v) is 6.48. The van der Waals surface area contributed by atoms with E-state index in [1.807, 2.05) is 0 Å². The summed E-state index contributed by atoms with van der Waals surface area (Å²) in [5.41, 5.74) is 7.68. The van der Waals surface area contributed by atoms with Crippen molar-refractivity contribution in [3.05, 3.63) is 34.3 Å². The number of rotatable bonds is 3. The van der Waals surface area contributed by atoms with Crippen LogP contribution in [0, 0.1) is 0 Å². The number of ether oxygens (including phenoxy) is 1. The summed E-state index contributed by atoms with van der Waals surface area (Å²) in [6.45, 7) is 3.96. The highest BCUT2D eigenvalue weighted by Crippen LogP contribution is 2.48. The van der Waals surface area contributed by atoms with Crippen LogP contribution in [0.3, 0.4) is 0 Å². The molecule has 108 valence electrons. The van der Waals surface area contributed by atoms with Gasteiger partial charge in [-0.1, -0.05) is 28.1 Å². The Balaban J connectivity index is 1.68. The van der Waals surface area contributed by atoms with Crippen LogP contribution in [0.2, 0.25) is 0 Å². The van der Waals surface area contributed by atoms with Crippen molar-refractivity contribution in [2.75, 3.05) is 32.8 Å². The summed E-state index contributed by atoms with van der Waals surface area (Å²) in [7, 11) is 0. The van der Waals surface area contributed by atoms with Crippen molar-refractivity contribution in [3.63, 3.8) is 0 Å². The third-order valence-corrected chi connectivity index (χ3v) is 4.66. The quantitative estimate of drug-likeness (QED) is 0.679. The standard InChI is InChI=1S/C15H20BrN3O/c16-13-3-1-2-12(10-13)15(4-5-15)11-18-14(17)19-6-8-20-9-7-19/h1-3,10H,4-9,11H2,(H2,17,18). The maximum atomic E-state index is 6.10. The van der Waals surface area contributed by atoms with Crippen molar-refractivity contribution in [3.8, 4) is 0 Å². The molecule has 2 aliphatic rings. The fourth-order valence-corrected chi connectivity index (χ4v) is 3.03. The van der Waals surface area contributed by atoms with E-state index in [0.29, 0.717) is 5.96 Å². The maximum Gasteiger partial charge on any atom is 0.191 e. The number of nitrogens with zero attached hydrogens (tertiary/aromatic N) is 2. The van der Waals surface area contributed by atoms with E-state index in [2.05, 4.69) is 50.1 Å². The fourth-order valence-electron chi connectivity index (χ4n) is 2.63. The first kappa shape index (κ1) is 13.9. The molecule has 0 atom stereocenters. The lowest BCUT2D eigenvalue weighted by atomic mass is 9.96. The normalized spacial score (nSPS) is 21.9. The molecule has 4 nitrogen and oxygen atoms in total. The van der Waals surface area contributed by atoms with Crippen LogP contribution < -0.4 is 5.73 Å². The molecule has 5 heteroatoms. The second kappa shape index (κ2) is 5.74. The van der Waals surface area contributed by atoms with Gasteiger partial charge in [-0.25, -0.2) is 0 Å². The first-order chi connectivity index (χ1) is 9.70. The second-order valence-electron chi connectivity index (χ2n) is 5.56. The van der Waals surface area contributed by atoms with Gasteiger partial charge in [-0.2, -0.15) is 0 Å². The van der Waals surface area contributed by atoms with Gasteiger partial charge in [0.05, 0.1) is 19.8 Å². The number of nitrogens with two attached hydrogens (primary N) is 1. The van der Waals surface area contributed by atoms with Crippen molar-refractivity contribution in [2.45, 2.75) is 18.3 Å². The summed E-state index contributed by atoms with van der Waals surface area (Å²) >= 11 is 3.54. The Kier molecular flexibility index (Phi) is 3.98. The van der Waals surface area contributed by atoms with Gasteiger partial charge in [0.1, 0.15) is 0 Å². The van der Waals surface area contributed by atoms with Crippen molar-refractivity contribution >= 4 is 21.9 Å². The monoisotopic (exact) mass is 337 g/mol. The summed E-state index contributed by atoms with van der Waals surface area (Å²) in [6, 6.07) is 8.55. The smallest absolute Gasteiger partial charge is 0.191 e. The van der Waals surface area contributed by atoms with Crippen LogP contribution in [0.4, 0.5) is 0 Å². The van der Waals surface area contributed by atoms with Crippen LogP contribution in [0.15, 0.2) is 33.7 Å². The SMILES string of the molecule is NC(=NCC1(c2cccc(Br)c2)CC1)N1CCOCC1. The van der Waals surface area contributed by atoms with Crippen molar-refractivity contribution in [1.29, 1.82) is 0 Å². The number of hydrogen-bond donors (Lipinski definition) is 1. The van der Waals surface area contributed by atoms with Gasteiger partial charge in [0.25, 0.3) is 0 Å². The van der Waals surface area contributed by atoms with Crippen LogP contribution in [0.5, 0.6) is 0 Å². The van der Waals surface area contributed by atoms with Gasteiger partial charge in [-0.05, 0) is 30.5 Å². The minimum absolute atomic E-state index is 0.209. The topological polar surface area (TPSA) is 50.8 Å². The molecule has 3 rings (SSSR count). The molecule has 1 aliphatic carbocycles. The van der Waals surface area contributed by atoms with Crippen LogP contribution in [-0.2, 0) is 10.2 Å². The zero-order valence-electron chi connectivity index (χ0n) is 11.5. The van der Waals surface area contributed by atoms with E-state index in [1.165, 1.54) is 18.4 Å². The average molecular weight is 338 g/mol. The van der Waals surface area contributed by atoms with Crippen LogP contribution in [0.25, 0.3) is 0 Å². The molecule has 1 aromatic rings. The Bertz CT molecular complexity index is 508. The molecule has 0 aromatic heterocycles. The highest BCUT2D eigenvalue weighted by Gasteiger charge is 2.44. The van der Waals surface area contributed by atoms with E-state index in [4.69, 9.17) is 10.5 Å². The molecule has 0 unspecified atom stereocenters. The number of halogens is 1. The lowest BCUT2D eigenvalue weighted by Crippen LogP contribution is -2.45. The summed E-state index contributed by atoms with van der Waals surface area (Å²) in [5, 5.41) is 0. The van der Waals surface area contributed by atoms with Gasteiger partial charge in [0.2, 0.25) is 0 Å². The van der Waals surface area contributed by atoms with Gasteiger partial charge in [-0.15, -0.1) is 0 Å². The van der Waals surface area contributed by atoms with E-state index in [0.717, 1.165) is 37.3 Å². The predicted octanol–water partition coefficient (Wildman–Crippen LogP) is 2.13. The van der Waals surface area contributed by atoms with Gasteiger partial charge < -0.3 is 15.4 Å². The third-order valence-electron chi connectivity index (χ3n) is 4.17.